The zero-order chi connectivity index (χ0) is 23.6. The fourth-order valence-corrected chi connectivity index (χ4v) is 2.13. The molecule has 14 heteroatoms. The first-order valence-corrected chi connectivity index (χ1v) is 8.14. The van der Waals surface area contributed by atoms with Crippen molar-refractivity contribution in [1.29, 1.82) is 0 Å². The fourth-order valence-electron chi connectivity index (χ4n) is 2.13. The van der Waals surface area contributed by atoms with Crippen LogP contribution in [0, 0.1) is 5.92 Å². The first-order valence-electron chi connectivity index (χ1n) is 8.14. The van der Waals surface area contributed by atoms with E-state index in [0.717, 1.165) is 11.9 Å². The Morgan fingerprint density at radius 2 is 1.26 bits per heavy atom. The summed E-state index contributed by atoms with van der Waals surface area (Å²) in [6.07, 6.45) is -8.48. The second-order valence-electron chi connectivity index (χ2n) is 6.52. The van der Waals surface area contributed by atoms with Gasteiger partial charge in [-0.05, 0) is 12.8 Å². The van der Waals surface area contributed by atoms with Crippen LogP contribution in [-0.2, 0) is 4.79 Å². The normalized spacial score (nSPS) is 14.6. The smallest absolute Gasteiger partial charge is 0.346 e. The Bertz CT molecular complexity index is 565. The molecule has 0 aromatic heterocycles. The quantitative estimate of drug-likeness (QED) is 0.287. The van der Waals surface area contributed by atoms with Crippen LogP contribution in [0.15, 0.2) is 0 Å². The minimum Gasteiger partial charge on any atom is -0.346 e. The molecule has 0 aliphatic carbocycles. The first-order chi connectivity index (χ1) is 12.7. The van der Waals surface area contributed by atoms with E-state index in [1.165, 1.54) is 6.92 Å². The highest BCUT2D eigenvalue weighted by Crippen LogP contribution is 2.58. The van der Waals surface area contributed by atoms with Crippen LogP contribution in [0.1, 0.15) is 48.0 Å². The molecule has 0 saturated carbocycles. The number of alkyl halides is 12. The largest absolute Gasteiger partial charge is 0.384 e. The van der Waals surface area contributed by atoms with E-state index < -0.39 is 67.2 Å². The minimum absolute atomic E-state index is 0. The highest BCUT2D eigenvalue weighted by atomic mass is 19.4. The minimum atomic E-state index is -7.51. The summed E-state index contributed by atoms with van der Waals surface area (Å²) < 4.78 is 156. The number of carbonyl (C=O) groups is 1. The summed E-state index contributed by atoms with van der Waals surface area (Å²) in [5.74, 6) is -36.2. The molecule has 1 amide bonds. The van der Waals surface area contributed by atoms with Crippen molar-refractivity contribution in [3.05, 3.63) is 0 Å². The van der Waals surface area contributed by atoms with E-state index in [0.29, 0.717) is 6.42 Å². The molecule has 0 aliphatic heterocycles. The number of hydrogen-bond acceptors (Lipinski definition) is 1. The van der Waals surface area contributed by atoms with E-state index in [4.69, 9.17) is 0 Å². The monoisotopic (exact) mass is 489 g/mol. The van der Waals surface area contributed by atoms with Crippen molar-refractivity contribution in [2.75, 3.05) is 13.6 Å². The molecule has 0 radical (unpaired) electrons. The van der Waals surface area contributed by atoms with Gasteiger partial charge in [0.2, 0.25) is 5.91 Å². The van der Waals surface area contributed by atoms with Gasteiger partial charge in [0.05, 0.1) is 0 Å². The van der Waals surface area contributed by atoms with Gasteiger partial charge >= 0.3 is 36.0 Å². The third-order valence-electron chi connectivity index (χ3n) is 4.34. The van der Waals surface area contributed by atoms with Crippen LogP contribution in [0.25, 0.3) is 0 Å². The zero-order valence-corrected chi connectivity index (χ0v) is 15.4. The molecule has 31 heavy (non-hydrogen) atoms. The maximum Gasteiger partial charge on any atom is 0.384 e. The number of rotatable bonds is 11. The van der Waals surface area contributed by atoms with Gasteiger partial charge in [0.25, 0.3) is 0 Å². The Hall–Kier alpha value is -1.37. The van der Waals surface area contributed by atoms with Crippen LogP contribution >= 0.6 is 0 Å². The molecular formula is C17H27F12NO. The molecule has 0 heterocycles. The molecule has 0 fully saturated rings. The Balaban J connectivity index is -0.00000392. The topological polar surface area (TPSA) is 20.3 Å². The first kappa shape index (κ1) is 34.2. The lowest BCUT2D eigenvalue weighted by atomic mass is 9.92. The molecule has 0 saturated heterocycles. The van der Waals surface area contributed by atoms with E-state index in [1.807, 2.05) is 0 Å². The van der Waals surface area contributed by atoms with Gasteiger partial charge in [-0.25, -0.2) is 8.78 Å². The number of carbonyl (C=O) groups excluding carboxylic acids is 1. The van der Waals surface area contributed by atoms with Gasteiger partial charge in [-0.1, -0.05) is 28.7 Å². The van der Waals surface area contributed by atoms with Crippen molar-refractivity contribution in [2.24, 2.45) is 5.92 Å². The number of hydrogen-bond donors (Lipinski definition) is 0. The molecule has 0 aliphatic rings. The summed E-state index contributed by atoms with van der Waals surface area (Å²) >= 11 is 0. The number of amides is 1. The molecule has 0 N–H and O–H groups in total. The van der Waals surface area contributed by atoms with Gasteiger partial charge in [0.1, 0.15) is 0 Å². The van der Waals surface area contributed by atoms with Crippen LogP contribution < -0.4 is 0 Å². The number of nitrogens with zero attached hydrogens (tertiary/aromatic N) is 1. The van der Waals surface area contributed by atoms with Crippen molar-refractivity contribution < 1.29 is 57.5 Å². The van der Waals surface area contributed by atoms with Gasteiger partial charge < -0.3 is 4.90 Å². The highest BCUT2D eigenvalue weighted by Gasteiger charge is 2.87. The summed E-state index contributed by atoms with van der Waals surface area (Å²) in [5.41, 5.74) is 0. The van der Waals surface area contributed by atoms with Gasteiger partial charge in [-0.15, -0.1) is 0 Å². The standard InChI is InChI=1S/C15H19F12NO.2CH4/c1-4-8(2)9(29)28(3)7-5-6-11(18,19)13(22,23)15(26,27)14(24,25)12(20,21)10(16)17;;/h8,10H,4-7H2,1-3H3;2*1H4. The van der Waals surface area contributed by atoms with Gasteiger partial charge in [0, 0.05) is 25.9 Å². The molecule has 190 valence electrons. The van der Waals surface area contributed by atoms with Gasteiger partial charge in [-0.2, -0.15) is 43.9 Å². The lowest BCUT2D eigenvalue weighted by Crippen LogP contribution is -2.68. The Kier molecular flexibility index (Phi) is 12.1. The lowest BCUT2D eigenvalue weighted by molar-refractivity contribution is -0.413. The van der Waals surface area contributed by atoms with Crippen LogP contribution in [0.4, 0.5) is 52.7 Å². The summed E-state index contributed by atoms with van der Waals surface area (Å²) in [7, 11) is 1.08. The van der Waals surface area contributed by atoms with Crippen molar-refractivity contribution in [2.45, 2.75) is 84.0 Å². The maximum absolute atomic E-state index is 13.6. The molecule has 0 rings (SSSR count). The van der Waals surface area contributed by atoms with Crippen LogP contribution in [0.5, 0.6) is 0 Å². The Labute approximate surface area is 172 Å². The molecule has 0 bridgehead atoms. The van der Waals surface area contributed by atoms with E-state index in [-0.39, 0.29) is 14.9 Å². The summed E-state index contributed by atoms with van der Waals surface area (Å²) in [5, 5.41) is 0. The average molecular weight is 489 g/mol. The summed E-state index contributed by atoms with van der Waals surface area (Å²) in [6, 6.07) is 0. The fraction of sp³-hybridized carbons (Fsp3) is 0.941. The third kappa shape index (κ3) is 6.11. The Morgan fingerprint density at radius 1 is 0.839 bits per heavy atom. The molecule has 1 unspecified atom stereocenters. The van der Waals surface area contributed by atoms with Crippen LogP contribution in [-0.4, -0.2) is 60.4 Å². The molecule has 0 aromatic rings. The van der Waals surface area contributed by atoms with Gasteiger partial charge in [-0.3, -0.25) is 4.79 Å². The van der Waals surface area contributed by atoms with E-state index in [2.05, 4.69) is 0 Å². The van der Waals surface area contributed by atoms with Crippen molar-refractivity contribution in [3.8, 4) is 0 Å². The van der Waals surface area contributed by atoms with Crippen molar-refractivity contribution in [3.63, 3.8) is 0 Å². The second kappa shape index (κ2) is 11.0. The SMILES string of the molecule is C.C.CCC(C)C(=O)N(C)CCCC(F)(F)C(F)(F)C(F)(F)C(F)(F)C(F)(F)C(F)F. The van der Waals surface area contributed by atoms with Crippen molar-refractivity contribution in [1.82, 2.24) is 4.90 Å². The number of halogens is 12. The van der Waals surface area contributed by atoms with Crippen LogP contribution in [0.3, 0.4) is 0 Å². The molecule has 1 atom stereocenters. The maximum atomic E-state index is 13.6. The Morgan fingerprint density at radius 3 is 1.61 bits per heavy atom. The predicted octanol–water partition coefficient (Wildman–Crippen LogP) is 6.98. The molecule has 0 aromatic carbocycles. The molecule has 0 spiro atoms. The van der Waals surface area contributed by atoms with Crippen molar-refractivity contribution >= 4 is 5.91 Å². The van der Waals surface area contributed by atoms with E-state index in [9.17, 15) is 57.5 Å². The highest BCUT2D eigenvalue weighted by molar-refractivity contribution is 5.78. The summed E-state index contributed by atoms with van der Waals surface area (Å²) in [4.78, 5) is 12.5. The molecule has 2 nitrogen and oxygen atoms in total. The third-order valence-corrected chi connectivity index (χ3v) is 4.34. The van der Waals surface area contributed by atoms with E-state index >= 15 is 0 Å². The summed E-state index contributed by atoms with van der Waals surface area (Å²) in [6.45, 7) is 2.39. The average Bonchev–Trinajstić information content (AvgIpc) is 2.58. The zero-order valence-electron chi connectivity index (χ0n) is 15.4. The molecular weight excluding hydrogens is 462 g/mol. The second-order valence-corrected chi connectivity index (χ2v) is 6.52. The van der Waals surface area contributed by atoms with Gasteiger partial charge in [0.15, 0.2) is 0 Å². The lowest BCUT2D eigenvalue weighted by Gasteiger charge is -2.39. The van der Waals surface area contributed by atoms with E-state index in [1.54, 1.807) is 6.92 Å². The van der Waals surface area contributed by atoms with Crippen LogP contribution in [0.2, 0.25) is 0 Å². The predicted molar refractivity (Wildman–Crippen MR) is 90.5 cm³/mol.